The molecular weight excluding hydrogens is 266 g/mol. The molecule has 2 amide bonds. The van der Waals surface area contributed by atoms with E-state index in [0.717, 1.165) is 0 Å². The second-order valence-corrected chi connectivity index (χ2v) is 4.75. The second-order valence-electron chi connectivity index (χ2n) is 3.81. The van der Waals surface area contributed by atoms with Crippen molar-refractivity contribution in [2.75, 3.05) is 0 Å². The van der Waals surface area contributed by atoms with E-state index in [9.17, 15) is 14.4 Å². The molecule has 1 aliphatic heterocycles. The number of hydrogen-bond donors (Lipinski definition) is 0. The van der Waals surface area contributed by atoms with Crippen molar-refractivity contribution < 1.29 is 19.2 Å². The predicted molar refractivity (Wildman–Crippen MR) is 66.7 cm³/mol. The molecule has 0 saturated carbocycles. The maximum absolute atomic E-state index is 11.9. The first-order valence-corrected chi connectivity index (χ1v) is 6.30. The average Bonchev–Trinajstić information content (AvgIpc) is 3.03. The van der Waals surface area contributed by atoms with Crippen LogP contribution in [0.15, 0.2) is 41.8 Å². The van der Waals surface area contributed by atoms with Crippen LogP contribution in [0.3, 0.4) is 0 Å². The Labute approximate surface area is 112 Å². The Morgan fingerprint density at radius 1 is 1.00 bits per heavy atom. The van der Waals surface area contributed by atoms with Gasteiger partial charge in [-0.1, -0.05) is 23.3 Å². The van der Waals surface area contributed by atoms with E-state index in [4.69, 9.17) is 4.84 Å². The van der Waals surface area contributed by atoms with Gasteiger partial charge in [-0.3, -0.25) is 9.59 Å². The topological polar surface area (TPSA) is 63.7 Å². The minimum atomic E-state index is -0.718. The molecule has 19 heavy (non-hydrogen) atoms. The van der Waals surface area contributed by atoms with Gasteiger partial charge >= 0.3 is 5.97 Å². The lowest BCUT2D eigenvalue weighted by molar-refractivity contribution is -0.0581. The summed E-state index contributed by atoms with van der Waals surface area (Å²) in [5.74, 6) is -1.96. The summed E-state index contributed by atoms with van der Waals surface area (Å²) in [6, 6.07) is 9.58. The van der Waals surface area contributed by atoms with E-state index in [1.54, 1.807) is 29.6 Å². The van der Waals surface area contributed by atoms with Gasteiger partial charge in [0.05, 0.1) is 11.1 Å². The fourth-order valence-electron chi connectivity index (χ4n) is 1.77. The van der Waals surface area contributed by atoms with Crippen LogP contribution in [-0.2, 0) is 4.84 Å². The molecule has 3 rings (SSSR count). The van der Waals surface area contributed by atoms with Crippen LogP contribution in [0, 0.1) is 0 Å². The van der Waals surface area contributed by atoms with Crippen LogP contribution in [0.5, 0.6) is 0 Å². The molecule has 0 fully saturated rings. The van der Waals surface area contributed by atoms with Gasteiger partial charge in [0.15, 0.2) is 0 Å². The average molecular weight is 273 g/mol. The van der Waals surface area contributed by atoms with Crippen LogP contribution in [-0.4, -0.2) is 22.8 Å². The van der Waals surface area contributed by atoms with Crippen LogP contribution in [0.1, 0.15) is 30.4 Å². The summed E-state index contributed by atoms with van der Waals surface area (Å²) in [7, 11) is 0. The summed E-state index contributed by atoms with van der Waals surface area (Å²) in [5, 5.41) is 2.21. The van der Waals surface area contributed by atoms with Gasteiger partial charge < -0.3 is 4.84 Å². The molecule has 5 nitrogen and oxygen atoms in total. The lowest BCUT2D eigenvalue weighted by Crippen LogP contribution is -2.32. The van der Waals surface area contributed by atoms with E-state index in [1.807, 2.05) is 0 Å². The summed E-state index contributed by atoms with van der Waals surface area (Å²) >= 11 is 1.18. The number of carbonyl (C=O) groups is 3. The van der Waals surface area contributed by atoms with Crippen molar-refractivity contribution in [3.63, 3.8) is 0 Å². The number of nitrogens with zero attached hydrogens (tertiary/aromatic N) is 1. The van der Waals surface area contributed by atoms with E-state index in [0.29, 0.717) is 9.94 Å². The minimum absolute atomic E-state index is 0.242. The molecule has 0 radical (unpaired) electrons. The molecule has 0 aliphatic carbocycles. The predicted octanol–water partition coefficient (Wildman–Crippen LogP) is 2.12. The summed E-state index contributed by atoms with van der Waals surface area (Å²) in [6.07, 6.45) is 0. The molecule has 0 saturated heterocycles. The van der Waals surface area contributed by atoms with E-state index in [1.165, 1.54) is 23.5 Å². The van der Waals surface area contributed by atoms with Gasteiger partial charge in [-0.2, -0.15) is 0 Å². The van der Waals surface area contributed by atoms with Crippen LogP contribution in [0.2, 0.25) is 0 Å². The van der Waals surface area contributed by atoms with E-state index >= 15 is 0 Å². The minimum Gasteiger partial charge on any atom is -0.323 e. The molecule has 1 aromatic carbocycles. The molecule has 1 aliphatic rings. The molecular formula is C13H7NO4S. The summed E-state index contributed by atoms with van der Waals surface area (Å²) in [4.78, 5) is 40.8. The van der Waals surface area contributed by atoms with Gasteiger partial charge in [0, 0.05) is 0 Å². The fourth-order valence-corrected chi connectivity index (χ4v) is 2.37. The van der Waals surface area contributed by atoms with Gasteiger partial charge in [0.1, 0.15) is 4.88 Å². The highest BCUT2D eigenvalue weighted by atomic mass is 32.1. The third kappa shape index (κ3) is 1.82. The van der Waals surface area contributed by atoms with E-state index in [-0.39, 0.29) is 11.1 Å². The lowest BCUT2D eigenvalue weighted by atomic mass is 10.1. The highest BCUT2D eigenvalue weighted by molar-refractivity contribution is 7.11. The van der Waals surface area contributed by atoms with Crippen molar-refractivity contribution in [1.29, 1.82) is 0 Å². The van der Waals surface area contributed by atoms with Crippen molar-refractivity contribution in [3.8, 4) is 0 Å². The largest absolute Gasteiger partial charge is 0.373 e. The van der Waals surface area contributed by atoms with Crippen molar-refractivity contribution in [3.05, 3.63) is 57.8 Å². The number of rotatable bonds is 2. The Morgan fingerprint density at radius 3 is 2.16 bits per heavy atom. The zero-order valence-corrected chi connectivity index (χ0v) is 10.3. The van der Waals surface area contributed by atoms with Crippen molar-refractivity contribution in [2.24, 2.45) is 0 Å². The third-order valence-corrected chi connectivity index (χ3v) is 3.50. The summed E-state index contributed by atoms with van der Waals surface area (Å²) in [5.41, 5.74) is 0.484. The van der Waals surface area contributed by atoms with Gasteiger partial charge in [0.25, 0.3) is 11.8 Å². The normalized spacial score (nSPS) is 13.6. The number of imide groups is 1. The van der Waals surface area contributed by atoms with Crippen LogP contribution < -0.4 is 0 Å². The molecule has 0 unspecified atom stereocenters. The van der Waals surface area contributed by atoms with Gasteiger partial charge in [-0.25, -0.2) is 4.79 Å². The molecule has 2 heterocycles. The summed E-state index contributed by atoms with van der Waals surface area (Å²) < 4.78 is 0. The Bertz CT molecular complexity index is 643. The van der Waals surface area contributed by atoms with Crippen molar-refractivity contribution in [2.45, 2.75) is 0 Å². The number of fused-ring (bicyclic) bond motifs is 1. The zero-order valence-electron chi connectivity index (χ0n) is 9.53. The first-order chi connectivity index (χ1) is 9.18. The lowest BCUT2D eigenvalue weighted by Gasteiger charge is -2.11. The number of hydroxylamine groups is 2. The molecule has 2 aromatic rings. The van der Waals surface area contributed by atoms with Crippen LogP contribution in [0.25, 0.3) is 0 Å². The standard InChI is InChI=1S/C13H7NO4S/c15-11-8-4-1-2-5-9(8)12(16)14(11)18-13(17)10-6-3-7-19-10/h1-7H. The summed E-state index contributed by atoms with van der Waals surface area (Å²) in [6.45, 7) is 0. The van der Waals surface area contributed by atoms with E-state index < -0.39 is 17.8 Å². The molecule has 6 heteroatoms. The van der Waals surface area contributed by atoms with Gasteiger partial charge in [0.2, 0.25) is 0 Å². The Hall–Kier alpha value is -2.47. The number of hydrogen-bond acceptors (Lipinski definition) is 5. The maximum atomic E-state index is 11.9. The monoisotopic (exact) mass is 273 g/mol. The first kappa shape index (κ1) is 11.6. The number of thiophene rings is 1. The van der Waals surface area contributed by atoms with Gasteiger partial charge in [-0.15, -0.1) is 11.3 Å². The smallest absolute Gasteiger partial charge is 0.323 e. The highest BCUT2D eigenvalue weighted by Gasteiger charge is 2.38. The Morgan fingerprint density at radius 2 is 1.63 bits per heavy atom. The number of carbonyl (C=O) groups excluding carboxylic acids is 3. The SMILES string of the molecule is O=C(ON1C(=O)c2ccccc2C1=O)c1cccs1. The van der Waals surface area contributed by atoms with E-state index in [2.05, 4.69) is 0 Å². The molecule has 0 spiro atoms. The zero-order chi connectivity index (χ0) is 13.4. The first-order valence-electron chi connectivity index (χ1n) is 5.42. The quantitative estimate of drug-likeness (QED) is 0.786. The Balaban J connectivity index is 1.87. The second kappa shape index (κ2) is 4.33. The van der Waals surface area contributed by atoms with Crippen LogP contribution in [0.4, 0.5) is 0 Å². The molecule has 1 aromatic heterocycles. The molecule has 0 bridgehead atoms. The molecule has 94 valence electrons. The van der Waals surface area contributed by atoms with Crippen molar-refractivity contribution >= 4 is 29.1 Å². The maximum Gasteiger partial charge on any atom is 0.373 e. The molecule has 0 N–H and O–H groups in total. The van der Waals surface area contributed by atoms with Crippen molar-refractivity contribution in [1.82, 2.24) is 5.06 Å². The highest BCUT2D eigenvalue weighted by Crippen LogP contribution is 2.23. The third-order valence-electron chi connectivity index (χ3n) is 2.65. The molecule has 0 atom stereocenters. The number of benzene rings is 1. The van der Waals surface area contributed by atoms with Gasteiger partial charge in [-0.05, 0) is 23.6 Å². The number of amides is 2. The fraction of sp³-hybridized carbons (Fsp3) is 0. The van der Waals surface area contributed by atoms with Crippen LogP contribution >= 0.6 is 11.3 Å². The Kier molecular flexibility index (Phi) is 2.64.